The molecule has 2 aromatic rings. The maximum absolute atomic E-state index is 12.5. The molecule has 3 N–H and O–H groups in total. The second kappa shape index (κ2) is 7.45. The average molecular weight is 358 g/mol. The number of carbonyl (C=O) groups excluding carboxylic acids is 1. The van der Waals surface area contributed by atoms with Crippen molar-refractivity contribution in [2.45, 2.75) is 18.9 Å². The van der Waals surface area contributed by atoms with E-state index < -0.39 is 0 Å². The summed E-state index contributed by atoms with van der Waals surface area (Å²) in [5, 5.41) is 0. The van der Waals surface area contributed by atoms with Crippen LogP contribution in [0, 0.1) is 0 Å². The standard InChI is InChI=1S/C19H23N3O2S/c1-13(18(20)19(24)22-9-10-25-12-22)14-3-5-15(6-4-14)16-7-8-17(23)21(2)11-16/h3-8,11,13,18H,9-10,12,20H2,1-2H3/p+1/t13-,18-/m0/s1. The quantitative estimate of drug-likeness (QED) is 0.896. The third-order valence-electron chi connectivity index (χ3n) is 4.84. The molecule has 0 unspecified atom stereocenters. The topological polar surface area (TPSA) is 70.0 Å². The molecule has 2 atom stereocenters. The summed E-state index contributed by atoms with van der Waals surface area (Å²) < 4.78 is 1.57. The van der Waals surface area contributed by atoms with E-state index >= 15 is 0 Å². The lowest BCUT2D eigenvalue weighted by molar-refractivity contribution is -0.410. The van der Waals surface area contributed by atoms with Crippen LogP contribution in [0.4, 0.5) is 0 Å². The summed E-state index contributed by atoms with van der Waals surface area (Å²) in [5.74, 6) is 2.00. The van der Waals surface area contributed by atoms with Crippen LogP contribution in [-0.2, 0) is 11.8 Å². The Hall–Kier alpha value is -2.05. The van der Waals surface area contributed by atoms with Gasteiger partial charge in [-0.2, -0.15) is 0 Å². The summed E-state index contributed by atoms with van der Waals surface area (Å²) in [6, 6.07) is 11.3. The molecular formula is C19H24N3O2S+. The van der Waals surface area contributed by atoms with E-state index in [2.05, 4.69) is 24.8 Å². The van der Waals surface area contributed by atoms with Crippen molar-refractivity contribution in [3.63, 3.8) is 0 Å². The van der Waals surface area contributed by atoms with Crippen molar-refractivity contribution in [2.24, 2.45) is 7.05 Å². The SMILES string of the molecule is C[C@@H](c1ccc(-c2ccc(=O)n(C)c2)cc1)[C@H]([NH3+])C(=O)N1CCSC1. The van der Waals surface area contributed by atoms with Crippen molar-refractivity contribution in [1.29, 1.82) is 0 Å². The number of aryl methyl sites for hydroxylation is 1. The highest BCUT2D eigenvalue weighted by molar-refractivity contribution is 7.99. The minimum atomic E-state index is -0.276. The number of thioether (sulfide) groups is 1. The summed E-state index contributed by atoms with van der Waals surface area (Å²) >= 11 is 1.79. The number of pyridine rings is 1. The summed E-state index contributed by atoms with van der Waals surface area (Å²) in [6.07, 6.45) is 1.83. The molecule has 1 fully saturated rings. The Bertz CT molecular complexity index is 810. The van der Waals surface area contributed by atoms with Crippen LogP contribution in [0.3, 0.4) is 0 Å². The predicted octanol–water partition coefficient (Wildman–Crippen LogP) is 1.30. The van der Waals surface area contributed by atoms with Gasteiger partial charge in [0.15, 0.2) is 6.04 Å². The molecular weight excluding hydrogens is 334 g/mol. The van der Waals surface area contributed by atoms with Gasteiger partial charge in [0, 0.05) is 37.5 Å². The zero-order valence-electron chi connectivity index (χ0n) is 14.6. The molecule has 25 heavy (non-hydrogen) atoms. The van der Waals surface area contributed by atoms with Gasteiger partial charge in [-0.1, -0.05) is 31.2 Å². The first-order chi connectivity index (χ1) is 12.0. The van der Waals surface area contributed by atoms with Gasteiger partial charge in [0.1, 0.15) is 0 Å². The van der Waals surface area contributed by atoms with Crippen LogP contribution in [0.5, 0.6) is 0 Å². The molecule has 1 aliphatic rings. The van der Waals surface area contributed by atoms with Gasteiger partial charge in [0.25, 0.3) is 5.91 Å². The third kappa shape index (κ3) is 3.80. The van der Waals surface area contributed by atoms with Crippen molar-refractivity contribution in [1.82, 2.24) is 9.47 Å². The number of aromatic nitrogens is 1. The van der Waals surface area contributed by atoms with Gasteiger partial charge in [-0.05, 0) is 22.8 Å². The molecule has 3 rings (SSSR count). The Balaban J connectivity index is 1.75. The number of amides is 1. The smallest absolute Gasteiger partial charge is 0.282 e. The number of hydrogen-bond donors (Lipinski definition) is 1. The summed E-state index contributed by atoms with van der Waals surface area (Å²) in [7, 11) is 1.75. The molecule has 0 spiro atoms. The zero-order valence-corrected chi connectivity index (χ0v) is 15.5. The van der Waals surface area contributed by atoms with Crippen LogP contribution in [-0.4, -0.2) is 39.6 Å². The van der Waals surface area contributed by atoms with Gasteiger partial charge >= 0.3 is 0 Å². The Morgan fingerprint density at radius 1 is 1.16 bits per heavy atom. The molecule has 1 saturated heterocycles. The first kappa shape index (κ1) is 17.8. The van der Waals surface area contributed by atoms with Crippen LogP contribution in [0.2, 0.25) is 0 Å². The van der Waals surface area contributed by atoms with Crippen LogP contribution < -0.4 is 11.3 Å². The molecule has 1 amide bonds. The summed E-state index contributed by atoms with van der Waals surface area (Å²) in [5.41, 5.74) is 7.25. The number of benzene rings is 1. The van der Waals surface area contributed by atoms with Crippen molar-refractivity contribution < 1.29 is 10.5 Å². The highest BCUT2D eigenvalue weighted by Crippen LogP contribution is 2.24. The number of rotatable bonds is 4. The van der Waals surface area contributed by atoms with Crippen LogP contribution >= 0.6 is 11.8 Å². The Kier molecular flexibility index (Phi) is 5.30. The molecule has 1 aliphatic heterocycles. The number of carbonyl (C=O) groups is 1. The molecule has 0 bridgehead atoms. The Morgan fingerprint density at radius 2 is 1.84 bits per heavy atom. The fourth-order valence-corrected chi connectivity index (χ4v) is 3.97. The minimum absolute atomic E-state index is 0.0209. The normalized spacial score (nSPS) is 16.7. The molecule has 132 valence electrons. The van der Waals surface area contributed by atoms with Gasteiger partial charge in [-0.15, -0.1) is 11.8 Å². The molecule has 6 heteroatoms. The van der Waals surface area contributed by atoms with Crippen LogP contribution in [0.15, 0.2) is 47.4 Å². The molecule has 2 heterocycles. The lowest BCUT2D eigenvalue weighted by Gasteiger charge is -2.22. The lowest BCUT2D eigenvalue weighted by atomic mass is 9.91. The van der Waals surface area contributed by atoms with E-state index in [-0.39, 0.29) is 23.4 Å². The number of hydrogen-bond acceptors (Lipinski definition) is 3. The monoisotopic (exact) mass is 358 g/mol. The predicted molar refractivity (Wildman–Crippen MR) is 101 cm³/mol. The highest BCUT2D eigenvalue weighted by Gasteiger charge is 2.31. The largest absolute Gasteiger partial charge is 0.347 e. The fraction of sp³-hybridized carbons (Fsp3) is 0.368. The van der Waals surface area contributed by atoms with Gasteiger partial charge in [-0.25, -0.2) is 0 Å². The number of nitrogens with zero attached hydrogens (tertiary/aromatic N) is 2. The van der Waals surface area contributed by atoms with Crippen molar-refractivity contribution in [3.05, 3.63) is 58.5 Å². The lowest BCUT2D eigenvalue weighted by Crippen LogP contribution is -2.69. The van der Waals surface area contributed by atoms with E-state index in [4.69, 9.17) is 0 Å². The third-order valence-corrected chi connectivity index (χ3v) is 5.81. The van der Waals surface area contributed by atoms with Crippen LogP contribution in [0.25, 0.3) is 11.1 Å². The molecule has 0 radical (unpaired) electrons. The summed E-state index contributed by atoms with van der Waals surface area (Å²) in [6.45, 7) is 2.88. The first-order valence-corrected chi connectivity index (χ1v) is 9.59. The van der Waals surface area contributed by atoms with Gasteiger partial charge in [-0.3, -0.25) is 9.59 Å². The van der Waals surface area contributed by atoms with Gasteiger partial charge in [0.2, 0.25) is 5.56 Å². The van der Waals surface area contributed by atoms with E-state index in [1.165, 1.54) is 0 Å². The van der Waals surface area contributed by atoms with E-state index in [1.807, 2.05) is 29.3 Å². The maximum atomic E-state index is 12.5. The second-order valence-electron chi connectivity index (χ2n) is 6.52. The van der Waals surface area contributed by atoms with Gasteiger partial charge in [0.05, 0.1) is 5.88 Å². The molecule has 1 aromatic carbocycles. The Labute approximate surface area is 151 Å². The van der Waals surface area contributed by atoms with E-state index in [9.17, 15) is 9.59 Å². The fourth-order valence-electron chi connectivity index (χ4n) is 3.01. The average Bonchev–Trinajstić information content (AvgIpc) is 3.17. The molecule has 1 aromatic heterocycles. The molecule has 5 nitrogen and oxygen atoms in total. The first-order valence-electron chi connectivity index (χ1n) is 8.44. The van der Waals surface area contributed by atoms with Crippen molar-refractivity contribution in [3.8, 4) is 11.1 Å². The zero-order chi connectivity index (χ0) is 18.0. The highest BCUT2D eigenvalue weighted by atomic mass is 32.2. The molecule has 0 saturated carbocycles. The second-order valence-corrected chi connectivity index (χ2v) is 7.60. The van der Waals surface area contributed by atoms with Crippen molar-refractivity contribution >= 4 is 17.7 Å². The van der Waals surface area contributed by atoms with Gasteiger partial charge < -0.3 is 15.2 Å². The summed E-state index contributed by atoms with van der Waals surface area (Å²) in [4.78, 5) is 25.9. The maximum Gasteiger partial charge on any atom is 0.282 e. The van der Waals surface area contributed by atoms with E-state index in [0.717, 1.165) is 34.9 Å². The van der Waals surface area contributed by atoms with Crippen molar-refractivity contribution in [2.75, 3.05) is 18.2 Å². The minimum Gasteiger partial charge on any atom is -0.347 e. The number of quaternary nitrogens is 1. The van der Waals surface area contributed by atoms with E-state index in [0.29, 0.717) is 0 Å². The van der Waals surface area contributed by atoms with E-state index in [1.54, 1.807) is 29.4 Å². The Morgan fingerprint density at radius 3 is 2.44 bits per heavy atom. The van der Waals surface area contributed by atoms with Crippen LogP contribution in [0.1, 0.15) is 18.4 Å². The molecule has 0 aliphatic carbocycles.